The van der Waals surface area contributed by atoms with Crippen LogP contribution in [-0.2, 0) is 22.4 Å². The molecule has 0 saturated heterocycles. The van der Waals surface area contributed by atoms with Crippen LogP contribution in [-0.4, -0.2) is 29.1 Å². The first-order valence-corrected chi connectivity index (χ1v) is 10.5. The van der Waals surface area contributed by atoms with Crippen molar-refractivity contribution in [1.29, 1.82) is 0 Å². The first-order chi connectivity index (χ1) is 14.2. The zero-order valence-electron chi connectivity index (χ0n) is 17.9. The number of hydrogen-bond acceptors (Lipinski definition) is 5. The predicted molar refractivity (Wildman–Crippen MR) is 113 cm³/mol. The van der Waals surface area contributed by atoms with Crippen LogP contribution in [0.2, 0.25) is 0 Å². The molecule has 0 saturated carbocycles. The molecule has 1 amide bonds. The molecule has 1 heterocycles. The highest BCUT2D eigenvalue weighted by atomic mass is 16.5. The summed E-state index contributed by atoms with van der Waals surface area (Å²) in [5.41, 5.74) is 2.63. The molecule has 3 atom stereocenters. The standard InChI is InChI=1S/C23H29NO6/c1-5-12(2)19(22(26)27)24-21(25)14(4)29-18-11-10-16-15-8-6-7-9-17(15)23(28)30-20(16)13(18)3/h10-12,14,19H,5-9H2,1-4H3,(H,24,25)(H,26,27)/t12-,14?,19+/m1/s1. The van der Waals surface area contributed by atoms with Crippen molar-refractivity contribution < 1.29 is 23.8 Å². The number of nitrogens with one attached hydrogen (secondary N) is 1. The van der Waals surface area contributed by atoms with Gasteiger partial charge in [0, 0.05) is 16.5 Å². The number of rotatable bonds is 7. The van der Waals surface area contributed by atoms with Gasteiger partial charge in [0.05, 0.1) is 0 Å². The first-order valence-electron chi connectivity index (χ1n) is 10.5. The fraction of sp³-hybridized carbons (Fsp3) is 0.522. The third-order valence-electron chi connectivity index (χ3n) is 6.04. The van der Waals surface area contributed by atoms with E-state index in [0.717, 1.165) is 42.2 Å². The summed E-state index contributed by atoms with van der Waals surface area (Å²) in [6.07, 6.45) is 3.34. The Labute approximate surface area is 175 Å². The normalized spacial score (nSPS) is 16.4. The van der Waals surface area contributed by atoms with Crippen molar-refractivity contribution in [3.8, 4) is 5.75 Å². The smallest absolute Gasteiger partial charge is 0.339 e. The molecule has 0 fully saturated rings. The molecule has 1 aliphatic carbocycles. The molecular weight excluding hydrogens is 386 g/mol. The molecule has 30 heavy (non-hydrogen) atoms. The van der Waals surface area contributed by atoms with Gasteiger partial charge in [0.1, 0.15) is 17.4 Å². The van der Waals surface area contributed by atoms with Gasteiger partial charge in [0.25, 0.3) is 5.91 Å². The van der Waals surface area contributed by atoms with E-state index in [1.54, 1.807) is 26.8 Å². The molecule has 7 nitrogen and oxygen atoms in total. The summed E-state index contributed by atoms with van der Waals surface area (Å²) in [7, 11) is 0. The van der Waals surface area contributed by atoms with Gasteiger partial charge in [0.15, 0.2) is 6.10 Å². The number of ether oxygens (including phenoxy) is 1. The van der Waals surface area contributed by atoms with E-state index in [9.17, 15) is 19.5 Å². The molecule has 162 valence electrons. The minimum Gasteiger partial charge on any atom is -0.480 e. The van der Waals surface area contributed by atoms with Crippen molar-refractivity contribution in [2.24, 2.45) is 5.92 Å². The van der Waals surface area contributed by atoms with Gasteiger partial charge in [-0.25, -0.2) is 9.59 Å². The number of aliphatic carboxylic acids is 1. The topological polar surface area (TPSA) is 106 Å². The third kappa shape index (κ3) is 4.20. The fourth-order valence-electron chi connectivity index (χ4n) is 3.95. The molecule has 1 aromatic carbocycles. The summed E-state index contributed by atoms with van der Waals surface area (Å²) in [5.74, 6) is -1.35. The summed E-state index contributed by atoms with van der Waals surface area (Å²) < 4.78 is 11.4. The molecule has 1 aromatic heterocycles. The van der Waals surface area contributed by atoms with Gasteiger partial charge < -0.3 is 19.6 Å². The Bertz CT molecular complexity index is 1020. The average molecular weight is 415 g/mol. The predicted octanol–water partition coefficient (Wildman–Crippen LogP) is 3.36. The summed E-state index contributed by atoms with van der Waals surface area (Å²) in [5, 5.41) is 12.9. The average Bonchev–Trinajstić information content (AvgIpc) is 2.73. The maximum atomic E-state index is 12.5. The molecular formula is C23H29NO6. The molecule has 1 aliphatic rings. The Kier molecular flexibility index (Phi) is 6.48. The lowest BCUT2D eigenvalue weighted by Gasteiger charge is -2.23. The quantitative estimate of drug-likeness (QED) is 0.672. The van der Waals surface area contributed by atoms with Crippen LogP contribution >= 0.6 is 0 Å². The second-order valence-electron chi connectivity index (χ2n) is 8.09. The van der Waals surface area contributed by atoms with Gasteiger partial charge in [-0.1, -0.05) is 20.3 Å². The molecule has 3 rings (SSSR count). The highest BCUT2D eigenvalue weighted by Gasteiger charge is 2.28. The lowest BCUT2D eigenvalue weighted by molar-refractivity contribution is -0.144. The second-order valence-corrected chi connectivity index (χ2v) is 8.09. The third-order valence-corrected chi connectivity index (χ3v) is 6.04. The van der Waals surface area contributed by atoms with Crippen LogP contribution in [0, 0.1) is 12.8 Å². The molecule has 0 bridgehead atoms. The molecule has 1 unspecified atom stereocenters. The first kappa shape index (κ1) is 21.9. The monoisotopic (exact) mass is 415 g/mol. The van der Waals surface area contributed by atoms with Gasteiger partial charge >= 0.3 is 11.6 Å². The van der Waals surface area contributed by atoms with Crippen LogP contribution in [0.3, 0.4) is 0 Å². The number of benzene rings is 1. The largest absolute Gasteiger partial charge is 0.480 e. The van der Waals surface area contributed by atoms with E-state index < -0.39 is 24.0 Å². The number of carbonyl (C=O) groups excluding carboxylic acids is 1. The van der Waals surface area contributed by atoms with Crippen molar-refractivity contribution in [3.05, 3.63) is 39.2 Å². The fourth-order valence-corrected chi connectivity index (χ4v) is 3.95. The lowest BCUT2D eigenvalue weighted by atomic mass is 9.90. The number of aryl methyl sites for hydroxylation is 2. The Hall–Kier alpha value is -2.83. The number of hydrogen-bond donors (Lipinski definition) is 2. The van der Waals surface area contributed by atoms with Crippen molar-refractivity contribution in [3.63, 3.8) is 0 Å². The van der Waals surface area contributed by atoms with Crippen LogP contribution in [0.25, 0.3) is 11.0 Å². The van der Waals surface area contributed by atoms with Gasteiger partial charge in [-0.15, -0.1) is 0 Å². The van der Waals surface area contributed by atoms with E-state index >= 15 is 0 Å². The number of carboxylic acid groups (broad SMARTS) is 1. The minimum atomic E-state index is -1.07. The molecule has 0 spiro atoms. The van der Waals surface area contributed by atoms with E-state index in [4.69, 9.17) is 9.15 Å². The summed E-state index contributed by atoms with van der Waals surface area (Å²) in [6, 6.07) is 2.67. The number of fused-ring (bicyclic) bond motifs is 3. The summed E-state index contributed by atoms with van der Waals surface area (Å²) >= 11 is 0. The zero-order valence-corrected chi connectivity index (χ0v) is 17.9. The number of carbonyl (C=O) groups is 2. The maximum absolute atomic E-state index is 12.5. The minimum absolute atomic E-state index is 0.207. The zero-order chi connectivity index (χ0) is 22.0. The SMILES string of the molecule is CC[C@@H](C)[C@H](NC(=O)C(C)Oc1ccc2c3c(c(=O)oc2c1C)CCCC3)C(=O)O. The summed E-state index contributed by atoms with van der Waals surface area (Å²) in [6.45, 7) is 7.01. The Balaban J connectivity index is 1.85. The van der Waals surface area contributed by atoms with Crippen molar-refractivity contribution in [2.45, 2.75) is 71.9 Å². The second kappa shape index (κ2) is 8.90. The van der Waals surface area contributed by atoms with Crippen molar-refractivity contribution >= 4 is 22.8 Å². The van der Waals surface area contributed by atoms with Crippen LogP contribution in [0.4, 0.5) is 0 Å². The summed E-state index contributed by atoms with van der Waals surface area (Å²) in [4.78, 5) is 36.4. The highest BCUT2D eigenvalue weighted by Crippen LogP contribution is 2.33. The van der Waals surface area contributed by atoms with Crippen LogP contribution in [0.1, 0.15) is 56.7 Å². The molecule has 0 radical (unpaired) electrons. The Morgan fingerprint density at radius 2 is 1.87 bits per heavy atom. The van der Waals surface area contributed by atoms with E-state index in [-0.39, 0.29) is 11.5 Å². The highest BCUT2D eigenvalue weighted by molar-refractivity contribution is 5.88. The van der Waals surface area contributed by atoms with Crippen molar-refractivity contribution in [1.82, 2.24) is 5.32 Å². The van der Waals surface area contributed by atoms with Gasteiger partial charge in [0.2, 0.25) is 0 Å². The lowest BCUT2D eigenvalue weighted by Crippen LogP contribution is -2.49. The van der Waals surface area contributed by atoms with E-state index in [1.807, 2.05) is 13.0 Å². The molecule has 7 heteroatoms. The maximum Gasteiger partial charge on any atom is 0.339 e. The number of amides is 1. The molecule has 0 aliphatic heterocycles. The Morgan fingerprint density at radius 1 is 1.20 bits per heavy atom. The van der Waals surface area contributed by atoms with Gasteiger partial charge in [-0.3, -0.25) is 4.79 Å². The van der Waals surface area contributed by atoms with E-state index in [2.05, 4.69) is 5.32 Å². The van der Waals surface area contributed by atoms with Crippen LogP contribution in [0.15, 0.2) is 21.3 Å². The van der Waals surface area contributed by atoms with Crippen LogP contribution in [0.5, 0.6) is 5.75 Å². The van der Waals surface area contributed by atoms with Crippen molar-refractivity contribution in [2.75, 3.05) is 0 Å². The molecule has 2 aromatic rings. The van der Waals surface area contributed by atoms with Crippen LogP contribution < -0.4 is 15.7 Å². The molecule has 2 N–H and O–H groups in total. The van der Waals surface area contributed by atoms with E-state index in [0.29, 0.717) is 23.3 Å². The van der Waals surface area contributed by atoms with Gasteiger partial charge in [-0.05, 0) is 63.1 Å². The van der Waals surface area contributed by atoms with E-state index in [1.165, 1.54) is 0 Å². The number of carboxylic acids is 1. The Morgan fingerprint density at radius 3 is 2.50 bits per heavy atom. The van der Waals surface area contributed by atoms with Gasteiger partial charge in [-0.2, -0.15) is 0 Å².